The maximum atomic E-state index is 12.6. The first-order valence-corrected chi connectivity index (χ1v) is 7.83. The topological polar surface area (TPSA) is 101 Å². The number of hydrogen-bond donors (Lipinski definition) is 2. The first-order valence-electron chi connectivity index (χ1n) is 7.83. The first-order chi connectivity index (χ1) is 11.9. The Morgan fingerprint density at radius 1 is 1.28 bits per heavy atom. The molecule has 2 N–H and O–H groups in total. The monoisotopic (exact) mass is 341 g/mol. The fraction of sp³-hybridized carbons (Fsp3) is 0.278. The second-order valence-corrected chi connectivity index (χ2v) is 6.04. The highest BCUT2D eigenvalue weighted by Crippen LogP contribution is 2.25. The molecular formula is C18H19N3O4. The molecule has 3 aromatic heterocycles. The molecule has 3 rings (SSSR count). The second-order valence-electron chi connectivity index (χ2n) is 6.04. The molecule has 1 amide bonds. The number of furan rings is 1. The maximum absolute atomic E-state index is 12.6. The van der Waals surface area contributed by atoms with Gasteiger partial charge >= 0.3 is 0 Å². The summed E-state index contributed by atoms with van der Waals surface area (Å²) in [6.45, 7) is 5.00. The average Bonchev–Trinajstić information content (AvgIpc) is 3.20. The maximum Gasteiger partial charge on any atom is 0.257 e. The number of hydrogen-bond acceptors (Lipinski definition) is 6. The Labute approximate surface area is 144 Å². The van der Waals surface area contributed by atoms with Crippen molar-refractivity contribution in [3.05, 3.63) is 59.4 Å². The molecule has 0 fully saturated rings. The molecule has 7 nitrogen and oxygen atoms in total. The van der Waals surface area contributed by atoms with E-state index in [0.29, 0.717) is 34.2 Å². The SMILES string of the molecule is Cc1ccc(C(C)(O)CNC(=O)c2c(-c3ccccn3)noc2C)o1. The van der Waals surface area contributed by atoms with E-state index in [1.54, 1.807) is 57.3 Å². The van der Waals surface area contributed by atoms with Crippen LogP contribution in [0.5, 0.6) is 0 Å². The van der Waals surface area contributed by atoms with Gasteiger partial charge in [0.05, 0.1) is 12.2 Å². The van der Waals surface area contributed by atoms with Crippen molar-refractivity contribution in [2.24, 2.45) is 0 Å². The van der Waals surface area contributed by atoms with Crippen LogP contribution in [0.25, 0.3) is 11.4 Å². The molecule has 25 heavy (non-hydrogen) atoms. The van der Waals surface area contributed by atoms with Crippen molar-refractivity contribution in [1.82, 2.24) is 15.5 Å². The van der Waals surface area contributed by atoms with Gasteiger partial charge in [0.25, 0.3) is 5.91 Å². The van der Waals surface area contributed by atoms with Crippen LogP contribution in [0.3, 0.4) is 0 Å². The average molecular weight is 341 g/mol. The summed E-state index contributed by atoms with van der Waals surface area (Å²) in [5, 5.41) is 17.2. The Hall–Kier alpha value is -2.93. The van der Waals surface area contributed by atoms with Crippen molar-refractivity contribution >= 4 is 5.91 Å². The smallest absolute Gasteiger partial charge is 0.257 e. The van der Waals surface area contributed by atoms with Crippen LogP contribution in [0.2, 0.25) is 0 Å². The van der Waals surface area contributed by atoms with Crippen molar-refractivity contribution in [2.75, 3.05) is 6.54 Å². The molecule has 1 atom stereocenters. The van der Waals surface area contributed by atoms with Crippen LogP contribution in [0.15, 0.2) is 45.5 Å². The van der Waals surface area contributed by atoms with Gasteiger partial charge in [0.1, 0.15) is 34.1 Å². The third-order valence-electron chi connectivity index (χ3n) is 3.86. The standard InChI is InChI=1S/C18H19N3O4/c1-11-7-8-14(24-11)18(3,23)10-20-17(22)15-12(2)25-21-16(15)13-6-4-5-9-19-13/h4-9,23H,10H2,1-3H3,(H,20,22). The molecule has 0 aliphatic heterocycles. The molecule has 1 unspecified atom stereocenters. The highest BCUT2D eigenvalue weighted by Gasteiger charge is 2.29. The number of aliphatic hydroxyl groups is 1. The lowest BCUT2D eigenvalue weighted by Gasteiger charge is -2.21. The van der Waals surface area contributed by atoms with E-state index < -0.39 is 11.5 Å². The molecule has 0 bridgehead atoms. The van der Waals surface area contributed by atoms with E-state index in [1.165, 1.54) is 0 Å². The summed E-state index contributed by atoms with van der Waals surface area (Å²) < 4.78 is 10.6. The predicted octanol–water partition coefficient (Wildman–Crippen LogP) is 2.58. The van der Waals surface area contributed by atoms with E-state index >= 15 is 0 Å². The van der Waals surface area contributed by atoms with Gasteiger partial charge in [-0.25, -0.2) is 0 Å². The number of rotatable bonds is 5. The quantitative estimate of drug-likeness (QED) is 0.739. The van der Waals surface area contributed by atoms with Crippen molar-refractivity contribution in [3.8, 4) is 11.4 Å². The van der Waals surface area contributed by atoms with Gasteiger partial charge in [0.15, 0.2) is 0 Å². The van der Waals surface area contributed by atoms with Gasteiger partial charge in [-0.3, -0.25) is 9.78 Å². The van der Waals surface area contributed by atoms with Gasteiger partial charge in [-0.1, -0.05) is 11.2 Å². The Balaban J connectivity index is 1.79. The van der Waals surface area contributed by atoms with E-state index in [4.69, 9.17) is 8.94 Å². The summed E-state index contributed by atoms with van der Waals surface area (Å²) in [6.07, 6.45) is 1.62. The van der Waals surface area contributed by atoms with Crippen LogP contribution in [-0.2, 0) is 5.60 Å². The molecule has 0 aliphatic rings. The zero-order chi connectivity index (χ0) is 18.0. The molecule has 3 heterocycles. The number of pyridine rings is 1. The molecule has 0 spiro atoms. The number of nitrogens with zero attached hydrogens (tertiary/aromatic N) is 2. The Kier molecular flexibility index (Phi) is 4.41. The number of carbonyl (C=O) groups excluding carboxylic acids is 1. The van der Waals surface area contributed by atoms with Crippen LogP contribution in [0, 0.1) is 13.8 Å². The zero-order valence-corrected chi connectivity index (χ0v) is 14.2. The number of nitrogens with one attached hydrogen (secondary N) is 1. The Bertz CT molecular complexity index is 881. The van der Waals surface area contributed by atoms with Crippen LogP contribution in [0.1, 0.15) is 34.6 Å². The minimum Gasteiger partial charge on any atom is -0.463 e. The molecule has 0 radical (unpaired) electrons. The Morgan fingerprint density at radius 2 is 2.08 bits per heavy atom. The third kappa shape index (κ3) is 3.46. The van der Waals surface area contributed by atoms with Crippen LogP contribution < -0.4 is 5.32 Å². The fourth-order valence-electron chi connectivity index (χ4n) is 2.47. The summed E-state index contributed by atoms with van der Waals surface area (Å²) in [5.41, 5.74) is -0.132. The molecule has 0 saturated carbocycles. The molecule has 3 aromatic rings. The minimum absolute atomic E-state index is 0.0228. The zero-order valence-electron chi connectivity index (χ0n) is 14.2. The van der Waals surface area contributed by atoms with Crippen molar-refractivity contribution in [2.45, 2.75) is 26.4 Å². The molecule has 7 heteroatoms. The summed E-state index contributed by atoms with van der Waals surface area (Å²) in [4.78, 5) is 16.8. The van der Waals surface area contributed by atoms with E-state index in [-0.39, 0.29) is 6.54 Å². The van der Waals surface area contributed by atoms with E-state index in [1.807, 2.05) is 0 Å². The Morgan fingerprint density at radius 3 is 2.72 bits per heavy atom. The van der Waals surface area contributed by atoms with E-state index in [9.17, 15) is 9.90 Å². The number of carbonyl (C=O) groups is 1. The predicted molar refractivity (Wildman–Crippen MR) is 89.8 cm³/mol. The van der Waals surface area contributed by atoms with Crippen LogP contribution >= 0.6 is 0 Å². The molecular weight excluding hydrogens is 322 g/mol. The summed E-state index contributed by atoms with van der Waals surface area (Å²) in [6, 6.07) is 8.77. The summed E-state index contributed by atoms with van der Waals surface area (Å²) >= 11 is 0. The highest BCUT2D eigenvalue weighted by atomic mass is 16.5. The molecule has 0 saturated heterocycles. The van der Waals surface area contributed by atoms with Crippen molar-refractivity contribution in [3.63, 3.8) is 0 Å². The van der Waals surface area contributed by atoms with Gasteiger partial charge in [-0.15, -0.1) is 0 Å². The highest BCUT2D eigenvalue weighted by molar-refractivity contribution is 6.00. The second kappa shape index (κ2) is 6.52. The lowest BCUT2D eigenvalue weighted by atomic mass is 10.0. The largest absolute Gasteiger partial charge is 0.463 e. The fourth-order valence-corrected chi connectivity index (χ4v) is 2.47. The number of aryl methyl sites for hydroxylation is 2. The molecule has 0 aliphatic carbocycles. The number of amides is 1. The third-order valence-corrected chi connectivity index (χ3v) is 3.86. The summed E-state index contributed by atoms with van der Waals surface area (Å²) in [7, 11) is 0. The molecule has 130 valence electrons. The van der Waals surface area contributed by atoms with Gasteiger partial charge in [-0.2, -0.15) is 0 Å². The van der Waals surface area contributed by atoms with Crippen LogP contribution in [-0.4, -0.2) is 27.7 Å². The molecule has 0 aromatic carbocycles. The lowest BCUT2D eigenvalue weighted by molar-refractivity contribution is 0.0323. The van der Waals surface area contributed by atoms with Crippen molar-refractivity contribution < 1.29 is 18.8 Å². The summed E-state index contributed by atoms with van der Waals surface area (Å²) in [5.74, 6) is 1.06. The minimum atomic E-state index is -1.33. The van der Waals surface area contributed by atoms with Crippen molar-refractivity contribution in [1.29, 1.82) is 0 Å². The lowest BCUT2D eigenvalue weighted by Crippen LogP contribution is -2.38. The van der Waals surface area contributed by atoms with E-state index in [2.05, 4.69) is 15.5 Å². The number of aromatic nitrogens is 2. The van der Waals surface area contributed by atoms with Crippen LogP contribution in [0.4, 0.5) is 0 Å². The van der Waals surface area contributed by atoms with Gasteiger partial charge in [0, 0.05) is 6.20 Å². The van der Waals surface area contributed by atoms with E-state index in [0.717, 1.165) is 0 Å². The van der Waals surface area contributed by atoms with Gasteiger partial charge < -0.3 is 19.4 Å². The normalized spacial score (nSPS) is 13.4. The van der Waals surface area contributed by atoms with Gasteiger partial charge in [0.2, 0.25) is 0 Å². The van der Waals surface area contributed by atoms with Gasteiger partial charge in [-0.05, 0) is 45.0 Å². The first kappa shape index (κ1) is 16.9.